The molecule has 0 radical (unpaired) electrons. The van der Waals surface area contributed by atoms with Crippen molar-refractivity contribution in [2.24, 2.45) is 5.73 Å². The van der Waals surface area contributed by atoms with E-state index in [4.69, 9.17) is 5.73 Å². The van der Waals surface area contributed by atoms with Crippen LogP contribution in [-0.2, 0) is 11.2 Å². The van der Waals surface area contributed by atoms with Gasteiger partial charge in [0, 0.05) is 24.8 Å². The monoisotopic (exact) mass is 355 g/mol. The number of benzene rings is 2. The lowest BCUT2D eigenvalue weighted by Gasteiger charge is -2.28. The second kappa shape index (κ2) is 8.81. The Morgan fingerprint density at radius 1 is 1.19 bits per heavy atom. The first-order chi connectivity index (χ1) is 12.6. The zero-order valence-corrected chi connectivity index (χ0v) is 14.9. The summed E-state index contributed by atoms with van der Waals surface area (Å²) in [5.74, 6) is -0.267. The number of amides is 1. The van der Waals surface area contributed by atoms with E-state index >= 15 is 0 Å². The molecular weight excluding hydrogens is 329 g/mol. The van der Waals surface area contributed by atoms with E-state index < -0.39 is 6.04 Å². The van der Waals surface area contributed by atoms with Crippen LogP contribution >= 0.6 is 0 Å². The quantitative estimate of drug-likeness (QED) is 0.802. The molecule has 138 valence electrons. The van der Waals surface area contributed by atoms with Gasteiger partial charge in [-0.2, -0.15) is 0 Å². The van der Waals surface area contributed by atoms with Crippen LogP contribution in [-0.4, -0.2) is 36.0 Å². The van der Waals surface area contributed by atoms with Crippen LogP contribution in [0.25, 0.3) is 0 Å². The Bertz CT molecular complexity index is 722. The molecule has 5 heteroatoms. The largest absolute Gasteiger partial charge is 0.383 e. The number of carbonyl (C=O) groups is 1. The van der Waals surface area contributed by atoms with Gasteiger partial charge in [-0.1, -0.05) is 36.4 Å². The maximum atomic E-state index is 13.7. The van der Waals surface area contributed by atoms with Gasteiger partial charge in [0.2, 0.25) is 5.91 Å². The van der Waals surface area contributed by atoms with Gasteiger partial charge in [0.1, 0.15) is 5.82 Å². The average Bonchev–Trinajstić information content (AvgIpc) is 3.14. The molecule has 2 aromatic rings. The zero-order chi connectivity index (χ0) is 18.4. The maximum Gasteiger partial charge on any atom is 0.239 e. The molecular formula is C21H26FN3O. The maximum absolute atomic E-state index is 13.7. The molecule has 1 heterocycles. The lowest BCUT2D eigenvalue weighted by molar-refractivity contribution is -0.133. The SMILES string of the molecule is NC(CCc1ccccc1F)C(=O)N1CCC[C@H]1CNc1ccccc1. The average molecular weight is 355 g/mol. The van der Waals surface area contributed by atoms with E-state index in [1.165, 1.54) is 6.07 Å². The minimum atomic E-state index is -0.591. The van der Waals surface area contributed by atoms with Crippen LogP contribution in [0.15, 0.2) is 54.6 Å². The summed E-state index contributed by atoms with van der Waals surface area (Å²) in [4.78, 5) is 14.6. The molecule has 1 amide bonds. The smallest absolute Gasteiger partial charge is 0.239 e. The van der Waals surface area contributed by atoms with Crippen molar-refractivity contribution >= 4 is 11.6 Å². The van der Waals surface area contributed by atoms with Crippen LogP contribution < -0.4 is 11.1 Å². The van der Waals surface area contributed by atoms with Crippen molar-refractivity contribution in [1.29, 1.82) is 0 Å². The van der Waals surface area contributed by atoms with E-state index in [0.717, 1.165) is 31.6 Å². The van der Waals surface area contributed by atoms with Gasteiger partial charge in [0.05, 0.1) is 6.04 Å². The Balaban J connectivity index is 1.52. The Morgan fingerprint density at radius 2 is 1.92 bits per heavy atom. The first kappa shape index (κ1) is 18.4. The molecule has 1 aliphatic heterocycles. The summed E-state index contributed by atoms with van der Waals surface area (Å²) in [5, 5.41) is 3.39. The minimum Gasteiger partial charge on any atom is -0.383 e. The summed E-state index contributed by atoms with van der Waals surface area (Å²) < 4.78 is 13.7. The summed E-state index contributed by atoms with van der Waals surface area (Å²) >= 11 is 0. The van der Waals surface area contributed by atoms with Crippen LogP contribution in [0.2, 0.25) is 0 Å². The number of aryl methyl sites for hydroxylation is 1. The summed E-state index contributed by atoms with van der Waals surface area (Å²) in [6.45, 7) is 1.46. The van der Waals surface area contributed by atoms with Gasteiger partial charge in [-0.15, -0.1) is 0 Å². The third-order valence-electron chi connectivity index (χ3n) is 4.98. The lowest BCUT2D eigenvalue weighted by atomic mass is 10.0. The molecule has 0 aliphatic carbocycles. The van der Waals surface area contributed by atoms with Crippen molar-refractivity contribution in [3.05, 3.63) is 66.0 Å². The van der Waals surface area contributed by atoms with Crippen molar-refractivity contribution < 1.29 is 9.18 Å². The third-order valence-corrected chi connectivity index (χ3v) is 4.98. The van der Waals surface area contributed by atoms with Crippen LogP contribution in [0.1, 0.15) is 24.8 Å². The van der Waals surface area contributed by atoms with Gasteiger partial charge < -0.3 is 16.0 Å². The third kappa shape index (κ3) is 4.61. The Hall–Kier alpha value is -2.40. The van der Waals surface area contributed by atoms with Crippen LogP contribution in [0.3, 0.4) is 0 Å². The van der Waals surface area contributed by atoms with Gasteiger partial charge in [-0.05, 0) is 49.4 Å². The fraction of sp³-hybridized carbons (Fsp3) is 0.381. The molecule has 1 unspecified atom stereocenters. The minimum absolute atomic E-state index is 0.0290. The highest BCUT2D eigenvalue weighted by Crippen LogP contribution is 2.20. The fourth-order valence-electron chi connectivity index (χ4n) is 3.48. The highest BCUT2D eigenvalue weighted by molar-refractivity contribution is 5.82. The van der Waals surface area contributed by atoms with Crippen LogP contribution in [0.4, 0.5) is 10.1 Å². The lowest BCUT2D eigenvalue weighted by Crippen LogP contribution is -2.48. The van der Waals surface area contributed by atoms with E-state index in [2.05, 4.69) is 5.32 Å². The highest BCUT2D eigenvalue weighted by Gasteiger charge is 2.31. The Labute approximate surface area is 154 Å². The van der Waals surface area contributed by atoms with E-state index in [1.807, 2.05) is 35.2 Å². The van der Waals surface area contributed by atoms with Crippen LogP contribution in [0.5, 0.6) is 0 Å². The standard InChI is InChI=1S/C21H26FN3O/c22-19-11-5-4-7-16(19)12-13-20(23)21(26)25-14-6-10-18(25)15-24-17-8-2-1-3-9-17/h1-5,7-9,11,18,20,24H,6,10,12-15,23H2/t18-,20?/m0/s1. The molecule has 4 nitrogen and oxygen atoms in total. The van der Waals surface area contributed by atoms with Crippen molar-refractivity contribution in [3.63, 3.8) is 0 Å². The molecule has 1 fully saturated rings. The first-order valence-electron chi connectivity index (χ1n) is 9.23. The number of halogens is 1. The number of nitrogens with zero attached hydrogens (tertiary/aromatic N) is 1. The second-order valence-corrected chi connectivity index (χ2v) is 6.81. The molecule has 0 saturated carbocycles. The first-order valence-corrected chi connectivity index (χ1v) is 9.23. The number of anilines is 1. The number of nitrogens with one attached hydrogen (secondary N) is 1. The van der Waals surface area contributed by atoms with E-state index in [9.17, 15) is 9.18 Å². The van der Waals surface area contributed by atoms with E-state index in [-0.39, 0.29) is 17.8 Å². The van der Waals surface area contributed by atoms with Crippen molar-refractivity contribution in [2.75, 3.05) is 18.4 Å². The molecule has 0 spiro atoms. The van der Waals surface area contributed by atoms with Crippen molar-refractivity contribution in [1.82, 2.24) is 4.90 Å². The number of hydrogen-bond donors (Lipinski definition) is 2. The molecule has 3 rings (SSSR count). The molecule has 0 aromatic heterocycles. The normalized spacial score (nSPS) is 17.9. The summed E-state index contributed by atoms with van der Waals surface area (Å²) in [6, 6.07) is 16.2. The Morgan fingerprint density at radius 3 is 2.69 bits per heavy atom. The summed E-state index contributed by atoms with van der Waals surface area (Å²) in [7, 11) is 0. The number of hydrogen-bond acceptors (Lipinski definition) is 3. The molecule has 1 aliphatic rings. The van der Waals surface area contributed by atoms with Gasteiger partial charge >= 0.3 is 0 Å². The van der Waals surface area contributed by atoms with Gasteiger partial charge in [-0.25, -0.2) is 4.39 Å². The van der Waals surface area contributed by atoms with Gasteiger partial charge in [-0.3, -0.25) is 4.79 Å². The van der Waals surface area contributed by atoms with Crippen molar-refractivity contribution in [2.45, 2.75) is 37.8 Å². The number of rotatable bonds is 7. The van der Waals surface area contributed by atoms with Gasteiger partial charge in [0.25, 0.3) is 0 Å². The van der Waals surface area contributed by atoms with Crippen LogP contribution in [0, 0.1) is 5.82 Å². The molecule has 1 saturated heterocycles. The molecule has 2 aromatic carbocycles. The number of likely N-dealkylation sites (tertiary alicyclic amines) is 1. The predicted octanol–water partition coefficient (Wildman–Crippen LogP) is 3.19. The molecule has 3 N–H and O–H groups in total. The predicted molar refractivity (Wildman–Crippen MR) is 102 cm³/mol. The molecule has 26 heavy (non-hydrogen) atoms. The fourth-order valence-corrected chi connectivity index (χ4v) is 3.48. The number of para-hydroxylation sites is 1. The van der Waals surface area contributed by atoms with E-state index in [0.29, 0.717) is 18.4 Å². The summed E-state index contributed by atoms with van der Waals surface area (Å²) in [6.07, 6.45) is 2.90. The zero-order valence-electron chi connectivity index (χ0n) is 14.9. The number of nitrogens with two attached hydrogens (primary N) is 1. The molecule has 2 atom stereocenters. The Kier molecular flexibility index (Phi) is 6.23. The highest BCUT2D eigenvalue weighted by atomic mass is 19.1. The topological polar surface area (TPSA) is 58.4 Å². The second-order valence-electron chi connectivity index (χ2n) is 6.81. The van der Waals surface area contributed by atoms with Gasteiger partial charge in [0.15, 0.2) is 0 Å². The van der Waals surface area contributed by atoms with E-state index in [1.54, 1.807) is 18.2 Å². The van der Waals surface area contributed by atoms with Crippen molar-refractivity contribution in [3.8, 4) is 0 Å². The number of carbonyl (C=O) groups excluding carboxylic acids is 1. The molecule has 0 bridgehead atoms. The summed E-state index contributed by atoms with van der Waals surface area (Å²) in [5.41, 5.74) is 7.79.